The number of aryl methyl sites for hydroxylation is 1. The summed E-state index contributed by atoms with van der Waals surface area (Å²) in [6.45, 7) is 1.46. The third-order valence-electron chi connectivity index (χ3n) is 4.76. The topological polar surface area (TPSA) is 104 Å². The summed E-state index contributed by atoms with van der Waals surface area (Å²) in [6.07, 6.45) is 0. The molecule has 9 heteroatoms. The van der Waals surface area contributed by atoms with E-state index in [0.717, 1.165) is 20.8 Å². The number of hydrogen-bond acceptors (Lipinski definition) is 7. The van der Waals surface area contributed by atoms with Crippen molar-refractivity contribution in [1.82, 2.24) is 4.98 Å². The number of carbonyl (C=O) groups is 1. The van der Waals surface area contributed by atoms with E-state index in [1.54, 1.807) is 30.4 Å². The lowest BCUT2D eigenvalue weighted by Gasteiger charge is -2.11. The van der Waals surface area contributed by atoms with E-state index in [4.69, 9.17) is 9.47 Å². The molecule has 0 bridgehead atoms. The van der Waals surface area contributed by atoms with E-state index in [-0.39, 0.29) is 24.0 Å². The number of ether oxygens (including phenoxy) is 2. The number of thiazole rings is 1. The maximum atomic E-state index is 12.3. The van der Waals surface area contributed by atoms with Gasteiger partial charge in [0.25, 0.3) is 5.91 Å². The van der Waals surface area contributed by atoms with Crippen LogP contribution in [0.2, 0.25) is 0 Å². The van der Waals surface area contributed by atoms with Gasteiger partial charge in [0.05, 0.1) is 22.2 Å². The summed E-state index contributed by atoms with van der Waals surface area (Å²) < 4.78 is 11.8. The molecule has 4 aromatic rings. The zero-order valence-corrected chi connectivity index (χ0v) is 18.1. The lowest BCUT2D eigenvalue weighted by molar-refractivity contribution is -0.385. The van der Waals surface area contributed by atoms with Crippen molar-refractivity contribution in [3.63, 3.8) is 0 Å². The Kier molecular flexibility index (Phi) is 6.00. The molecule has 32 heavy (non-hydrogen) atoms. The molecule has 8 nitrogen and oxygen atoms in total. The number of fused-ring (bicyclic) bond motifs is 1. The molecule has 0 aliphatic rings. The summed E-state index contributed by atoms with van der Waals surface area (Å²) in [4.78, 5) is 27.5. The minimum atomic E-state index is -0.529. The van der Waals surface area contributed by atoms with E-state index in [1.165, 1.54) is 19.2 Å². The predicted octanol–water partition coefficient (Wildman–Crippen LogP) is 5.21. The van der Waals surface area contributed by atoms with Gasteiger partial charge in [0.1, 0.15) is 10.8 Å². The highest BCUT2D eigenvalue weighted by Crippen LogP contribution is 2.33. The van der Waals surface area contributed by atoms with Gasteiger partial charge in [-0.25, -0.2) is 4.98 Å². The van der Waals surface area contributed by atoms with E-state index < -0.39 is 4.92 Å². The second-order valence-electron chi connectivity index (χ2n) is 6.94. The number of para-hydroxylation sites is 1. The molecule has 0 unspecified atom stereocenters. The molecule has 0 aliphatic carbocycles. The Balaban J connectivity index is 1.39. The molecule has 162 valence electrons. The van der Waals surface area contributed by atoms with Crippen molar-refractivity contribution < 1.29 is 19.2 Å². The Hall–Kier alpha value is -3.98. The van der Waals surface area contributed by atoms with Crippen molar-refractivity contribution in [3.05, 3.63) is 76.3 Å². The molecule has 0 spiro atoms. The van der Waals surface area contributed by atoms with Crippen molar-refractivity contribution in [3.8, 4) is 22.1 Å². The fourth-order valence-electron chi connectivity index (χ4n) is 3.14. The van der Waals surface area contributed by atoms with Crippen LogP contribution in [0.1, 0.15) is 5.56 Å². The molecule has 0 radical (unpaired) electrons. The maximum absolute atomic E-state index is 12.3. The summed E-state index contributed by atoms with van der Waals surface area (Å²) in [6, 6.07) is 18.1. The van der Waals surface area contributed by atoms with Crippen LogP contribution in [0, 0.1) is 17.0 Å². The van der Waals surface area contributed by atoms with Gasteiger partial charge in [-0.15, -0.1) is 11.3 Å². The average molecular weight is 449 g/mol. The Morgan fingerprint density at radius 1 is 1.16 bits per heavy atom. The zero-order valence-electron chi connectivity index (χ0n) is 17.3. The second-order valence-corrected chi connectivity index (χ2v) is 7.97. The number of nitro groups is 1. The van der Waals surface area contributed by atoms with Gasteiger partial charge in [0.15, 0.2) is 12.4 Å². The number of nitro benzene ring substituents is 1. The third-order valence-corrected chi connectivity index (χ3v) is 5.85. The van der Waals surface area contributed by atoms with Crippen molar-refractivity contribution in [1.29, 1.82) is 0 Å². The minimum absolute atomic E-state index is 0.0715. The fourth-order valence-corrected chi connectivity index (χ4v) is 4.11. The number of rotatable bonds is 7. The second kappa shape index (κ2) is 9.03. The molecule has 0 atom stereocenters. The van der Waals surface area contributed by atoms with Gasteiger partial charge >= 0.3 is 5.69 Å². The maximum Gasteiger partial charge on any atom is 0.311 e. The number of nitrogens with one attached hydrogen (secondary N) is 1. The highest BCUT2D eigenvalue weighted by molar-refractivity contribution is 7.21. The average Bonchev–Trinajstić information content (AvgIpc) is 3.23. The summed E-state index contributed by atoms with van der Waals surface area (Å²) in [5.74, 6) is 0.226. The van der Waals surface area contributed by atoms with E-state index in [0.29, 0.717) is 17.0 Å². The van der Waals surface area contributed by atoms with Crippen LogP contribution in [0.15, 0.2) is 60.7 Å². The number of amides is 1. The van der Waals surface area contributed by atoms with Gasteiger partial charge in [-0.1, -0.05) is 12.1 Å². The molecule has 3 aromatic carbocycles. The van der Waals surface area contributed by atoms with Crippen LogP contribution in [-0.4, -0.2) is 29.5 Å². The highest BCUT2D eigenvalue weighted by atomic mass is 32.1. The highest BCUT2D eigenvalue weighted by Gasteiger charge is 2.18. The van der Waals surface area contributed by atoms with Gasteiger partial charge in [-0.2, -0.15) is 0 Å². The largest absolute Gasteiger partial charge is 0.490 e. The van der Waals surface area contributed by atoms with Crippen molar-refractivity contribution in [2.45, 2.75) is 6.92 Å². The molecule has 0 saturated carbocycles. The summed E-state index contributed by atoms with van der Waals surface area (Å²) >= 11 is 1.61. The van der Waals surface area contributed by atoms with Crippen LogP contribution in [0.3, 0.4) is 0 Å². The molecule has 0 aliphatic heterocycles. The molecular formula is C23H19N3O5S. The number of aromatic nitrogens is 1. The van der Waals surface area contributed by atoms with E-state index >= 15 is 0 Å². The molecule has 1 heterocycles. The number of hydrogen-bond donors (Lipinski definition) is 1. The standard InChI is InChI=1S/C23H19N3O5S/c1-14-11-19(26(28)29)20(30-2)12-18(14)24-22(27)13-31-16-9-7-15(8-10-16)23-25-17-5-3-4-6-21(17)32-23/h3-12H,13H2,1-2H3,(H,24,27). The molecular weight excluding hydrogens is 430 g/mol. The Labute approximate surface area is 187 Å². The Morgan fingerprint density at radius 2 is 1.91 bits per heavy atom. The molecule has 1 N–H and O–H groups in total. The summed E-state index contributed by atoms with van der Waals surface area (Å²) in [5.41, 5.74) is 2.74. The smallest absolute Gasteiger partial charge is 0.311 e. The van der Waals surface area contributed by atoms with Gasteiger partial charge in [0, 0.05) is 23.4 Å². The quantitative estimate of drug-likeness (QED) is 0.307. The first-order valence-corrected chi connectivity index (χ1v) is 10.5. The number of carbonyl (C=O) groups excluding carboxylic acids is 1. The minimum Gasteiger partial charge on any atom is -0.490 e. The number of anilines is 1. The van der Waals surface area contributed by atoms with Crippen LogP contribution in [0.4, 0.5) is 11.4 Å². The lowest BCUT2D eigenvalue weighted by Crippen LogP contribution is -2.20. The Morgan fingerprint density at radius 3 is 2.59 bits per heavy atom. The van der Waals surface area contributed by atoms with Gasteiger partial charge < -0.3 is 14.8 Å². The van der Waals surface area contributed by atoms with Crippen LogP contribution in [0.5, 0.6) is 11.5 Å². The van der Waals surface area contributed by atoms with E-state index in [1.807, 2.05) is 36.4 Å². The molecule has 0 saturated heterocycles. The van der Waals surface area contributed by atoms with Crippen LogP contribution in [0.25, 0.3) is 20.8 Å². The predicted molar refractivity (Wildman–Crippen MR) is 124 cm³/mol. The summed E-state index contributed by atoms with van der Waals surface area (Å²) in [5, 5.41) is 14.7. The van der Waals surface area contributed by atoms with Crippen molar-refractivity contribution in [2.24, 2.45) is 0 Å². The van der Waals surface area contributed by atoms with Crippen LogP contribution >= 0.6 is 11.3 Å². The normalized spacial score (nSPS) is 10.7. The first-order chi connectivity index (χ1) is 15.4. The molecule has 4 rings (SSSR count). The van der Waals surface area contributed by atoms with E-state index in [2.05, 4.69) is 10.3 Å². The fraction of sp³-hybridized carbons (Fsp3) is 0.130. The van der Waals surface area contributed by atoms with Gasteiger partial charge in [-0.3, -0.25) is 14.9 Å². The van der Waals surface area contributed by atoms with E-state index in [9.17, 15) is 14.9 Å². The SMILES string of the molecule is COc1cc(NC(=O)COc2ccc(-c3nc4ccccc4s3)cc2)c(C)cc1[N+](=O)[O-]. The third kappa shape index (κ3) is 4.52. The number of methoxy groups -OCH3 is 1. The van der Waals surface area contributed by atoms with Crippen molar-refractivity contribution in [2.75, 3.05) is 19.0 Å². The first-order valence-electron chi connectivity index (χ1n) is 9.66. The van der Waals surface area contributed by atoms with Crippen LogP contribution in [-0.2, 0) is 4.79 Å². The first kappa shape index (κ1) is 21.3. The lowest BCUT2D eigenvalue weighted by atomic mass is 10.1. The monoisotopic (exact) mass is 449 g/mol. The molecule has 0 fully saturated rings. The number of nitrogens with zero attached hydrogens (tertiary/aromatic N) is 2. The Bertz CT molecular complexity index is 1270. The molecule has 1 amide bonds. The van der Waals surface area contributed by atoms with Crippen molar-refractivity contribution >= 4 is 38.8 Å². The zero-order chi connectivity index (χ0) is 22.7. The van der Waals surface area contributed by atoms with Gasteiger partial charge in [-0.05, 0) is 48.9 Å². The molecule has 1 aromatic heterocycles. The van der Waals surface area contributed by atoms with Crippen LogP contribution < -0.4 is 14.8 Å². The number of benzene rings is 3. The summed E-state index contributed by atoms with van der Waals surface area (Å²) in [7, 11) is 1.34. The van der Waals surface area contributed by atoms with Gasteiger partial charge in [0.2, 0.25) is 0 Å².